The van der Waals surface area contributed by atoms with Crippen LogP contribution in [0.2, 0.25) is 10.0 Å². The highest BCUT2D eigenvalue weighted by atomic mass is 35.5. The molecule has 0 atom stereocenters. The van der Waals surface area contributed by atoms with E-state index in [4.69, 9.17) is 32.7 Å². The van der Waals surface area contributed by atoms with Gasteiger partial charge in [0.1, 0.15) is 0 Å². The van der Waals surface area contributed by atoms with Gasteiger partial charge in [0.2, 0.25) is 6.79 Å². The van der Waals surface area contributed by atoms with Crippen LogP contribution in [0.1, 0.15) is 31.1 Å². The van der Waals surface area contributed by atoms with Gasteiger partial charge in [0.05, 0.1) is 10.6 Å². The second-order valence-corrected chi connectivity index (χ2v) is 7.48. The number of rotatable bonds is 4. The van der Waals surface area contributed by atoms with Crippen molar-refractivity contribution in [3.63, 3.8) is 0 Å². The number of halogens is 2. The highest BCUT2D eigenvalue weighted by Gasteiger charge is 2.17. The maximum atomic E-state index is 12.5. The van der Waals surface area contributed by atoms with Crippen LogP contribution in [0.3, 0.4) is 0 Å². The second kappa shape index (κ2) is 9.17. The fourth-order valence-corrected chi connectivity index (χ4v) is 3.40. The van der Waals surface area contributed by atoms with E-state index in [1.807, 2.05) is 0 Å². The van der Waals surface area contributed by atoms with E-state index in [1.165, 1.54) is 30.3 Å². The normalized spacial score (nSPS) is 11.6. The van der Waals surface area contributed by atoms with Crippen molar-refractivity contribution < 1.29 is 23.9 Å². The number of anilines is 1. The molecule has 0 spiro atoms. The van der Waals surface area contributed by atoms with Gasteiger partial charge in [-0.05, 0) is 54.6 Å². The number of hydrazine groups is 1. The first-order valence-corrected chi connectivity index (χ1v) is 10.0. The molecule has 0 fully saturated rings. The molecule has 10 heteroatoms. The van der Waals surface area contributed by atoms with E-state index >= 15 is 0 Å². The molecule has 3 aromatic rings. The molecule has 0 unspecified atom stereocenters. The summed E-state index contributed by atoms with van der Waals surface area (Å²) in [5, 5.41) is 3.28. The Morgan fingerprint density at radius 2 is 1.47 bits per heavy atom. The highest BCUT2D eigenvalue weighted by Crippen LogP contribution is 2.32. The second-order valence-electron chi connectivity index (χ2n) is 6.64. The van der Waals surface area contributed by atoms with Gasteiger partial charge in [-0.25, -0.2) is 0 Å². The monoisotopic (exact) mass is 471 g/mol. The summed E-state index contributed by atoms with van der Waals surface area (Å²) in [6.45, 7) is 0.0915. The fraction of sp³-hybridized carbons (Fsp3) is 0.0455. The minimum absolute atomic E-state index is 0.0915. The Bertz CT molecular complexity index is 1230. The minimum atomic E-state index is -0.570. The zero-order valence-corrected chi connectivity index (χ0v) is 17.8. The number of benzene rings is 3. The van der Waals surface area contributed by atoms with E-state index < -0.39 is 17.7 Å². The van der Waals surface area contributed by atoms with Gasteiger partial charge in [-0.3, -0.25) is 25.2 Å². The molecule has 1 aliphatic rings. The molecule has 0 radical (unpaired) electrons. The number of hydrogen-bond acceptors (Lipinski definition) is 5. The minimum Gasteiger partial charge on any atom is -0.454 e. The maximum Gasteiger partial charge on any atom is 0.269 e. The lowest BCUT2D eigenvalue weighted by molar-refractivity contribution is 0.0846. The van der Waals surface area contributed by atoms with Gasteiger partial charge in [0, 0.05) is 21.8 Å². The number of carbonyl (C=O) groups excluding carboxylic acids is 3. The Morgan fingerprint density at radius 3 is 2.22 bits per heavy atom. The molecule has 0 aliphatic carbocycles. The Balaban J connectivity index is 1.38. The Kier molecular flexibility index (Phi) is 6.16. The van der Waals surface area contributed by atoms with E-state index in [0.717, 1.165) is 0 Å². The topological polar surface area (TPSA) is 106 Å². The smallest absolute Gasteiger partial charge is 0.269 e. The van der Waals surface area contributed by atoms with Crippen LogP contribution in [-0.2, 0) is 0 Å². The van der Waals surface area contributed by atoms with Crippen molar-refractivity contribution >= 4 is 46.6 Å². The van der Waals surface area contributed by atoms with Gasteiger partial charge < -0.3 is 14.8 Å². The summed E-state index contributed by atoms with van der Waals surface area (Å²) in [5.74, 6) is -0.559. The van der Waals surface area contributed by atoms with Crippen molar-refractivity contribution in [2.75, 3.05) is 12.1 Å². The first-order valence-electron chi connectivity index (χ1n) is 9.27. The SMILES string of the molecule is O=C(NNC(=O)c1ccc2c(c1)OCO2)c1cccc(NC(=O)c2ccc(Cl)cc2Cl)c1. The summed E-state index contributed by atoms with van der Waals surface area (Å²) in [6.07, 6.45) is 0. The molecule has 32 heavy (non-hydrogen) atoms. The van der Waals surface area contributed by atoms with Crippen LogP contribution < -0.4 is 25.6 Å². The Morgan fingerprint density at radius 1 is 0.750 bits per heavy atom. The molecule has 3 N–H and O–H groups in total. The summed E-state index contributed by atoms with van der Waals surface area (Å²) >= 11 is 11.9. The van der Waals surface area contributed by atoms with Crippen LogP contribution >= 0.6 is 23.2 Å². The van der Waals surface area contributed by atoms with E-state index in [9.17, 15) is 14.4 Å². The van der Waals surface area contributed by atoms with Crippen molar-refractivity contribution in [3.05, 3.63) is 87.4 Å². The number of amides is 3. The van der Waals surface area contributed by atoms with Crippen LogP contribution in [0.5, 0.6) is 11.5 Å². The summed E-state index contributed by atoms with van der Waals surface area (Å²) in [7, 11) is 0. The average molecular weight is 472 g/mol. The van der Waals surface area contributed by atoms with Crippen LogP contribution in [0, 0.1) is 0 Å². The third-order valence-corrected chi connectivity index (χ3v) is 5.03. The summed E-state index contributed by atoms with van der Waals surface area (Å²) in [5.41, 5.74) is 5.78. The molecule has 0 saturated heterocycles. The first kappa shape index (κ1) is 21.5. The van der Waals surface area contributed by atoms with E-state index in [1.54, 1.807) is 30.3 Å². The molecule has 0 aromatic heterocycles. The molecule has 4 rings (SSSR count). The molecule has 3 amide bonds. The fourth-order valence-electron chi connectivity index (χ4n) is 2.91. The quantitative estimate of drug-likeness (QED) is 0.497. The van der Waals surface area contributed by atoms with Gasteiger partial charge >= 0.3 is 0 Å². The third-order valence-electron chi connectivity index (χ3n) is 4.48. The highest BCUT2D eigenvalue weighted by molar-refractivity contribution is 6.37. The number of nitrogens with one attached hydrogen (secondary N) is 3. The van der Waals surface area contributed by atoms with Crippen molar-refractivity contribution in [3.8, 4) is 11.5 Å². The third kappa shape index (κ3) is 4.77. The van der Waals surface area contributed by atoms with Crippen molar-refractivity contribution in [2.45, 2.75) is 0 Å². The largest absolute Gasteiger partial charge is 0.454 e. The maximum absolute atomic E-state index is 12.5. The van der Waals surface area contributed by atoms with Gasteiger partial charge in [-0.2, -0.15) is 0 Å². The standard InChI is InChI=1S/C22H15Cl2N3O5/c23-14-5-6-16(17(24)10-14)22(30)25-15-3-1-2-12(8-15)20(28)26-27-21(29)13-4-7-18-19(9-13)32-11-31-18/h1-10H,11H2,(H,25,30)(H,26,28)(H,27,29). The first-order chi connectivity index (χ1) is 15.4. The number of ether oxygens (including phenoxy) is 2. The van der Waals surface area contributed by atoms with E-state index in [-0.39, 0.29) is 28.5 Å². The number of fused-ring (bicyclic) bond motifs is 1. The molecule has 1 heterocycles. The zero-order valence-electron chi connectivity index (χ0n) is 16.3. The van der Waals surface area contributed by atoms with Crippen molar-refractivity contribution in [2.24, 2.45) is 0 Å². The molecular formula is C22H15Cl2N3O5. The van der Waals surface area contributed by atoms with Crippen molar-refractivity contribution in [1.29, 1.82) is 0 Å². The van der Waals surface area contributed by atoms with Gasteiger partial charge in [0.25, 0.3) is 17.7 Å². The summed E-state index contributed by atoms with van der Waals surface area (Å²) < 4.78 is 10.4. The van der Waals surface area contributed by atoms with Crippen molar-refractivity contribution in [1.82, 2.24) is 10.9 Å². The summed E-state index contributed by atoms with van der Waals surface area (Å²) in [4.78, 5) is 37.2. The average Bonchev–Trinajstić information content (AvgIpc) is 3.25. The Labute approximate surface area is 192 Å². The van der Waals surface area contributed by atoms with E-state index in [0.29, 0.717) is 22.2 Å². The molecular weight excluding hydrogens is 457 g/mol. The van der Waals surface area contributed by atoms with Crippen LogP contribution in [0.15, 0.2) is 60.7 Å². The van der Waals surface area contributed by atoms with Gasteiger partial charge in [0.15, 0.2) is 11.5 Å². The lowest BCUT2D eigenvalue weighted by Gasteiger charge is -2.10. The van der Waals surface area contributed by atoms with Gasteiger partial charge in [-0.15, -0.1) is 0 Å². The number of carbonyl (C=O) groups is 3. The lowest BCUT2D eigenvalue weighted by Crippen LogP contribution is -2.41. The Hall–Kier alpha value is -3.75. The molecule has 0 bridgehead atoms. The lowest BCUT2D eigenvalue weighted by atomic mass is 10.1. The molecule has 8 nitrogen and oxygen atoms in total. The molecule has 0 saturated carbocycles. The molecule has 3 aromatic carbocycles. The van der Waals surface area contributed by atoms with Crippen LogP contribution in [0.4, 0.5) is 5.69 Å². The summed E-state index contributed by atoms with van der Waals surface area (Å²) in [6, 6.07) is 15.4. The predicted molar refractivity (Wildman–Crippen MR) is 118 cm³/mol. The number of hydrogen-bond donors (Lipinski definition) is 3. The molecule has 1 aliphatic heterocycles. The van der Waals surface area contributed by atoms with Crippen LogP contribution in [0.25, 0.3) is 0 Å². The predicted octanol–water partition coefficient (Wildman–Crippen LogP) is 4.05. The molecule has 162 valence electrons. The zero-order chi connectivity index (χ0) is 22.7. The van der Waals surface area contributed by atoms with E-state index in [2.05, 4.69) is 16.2 Å². The van der Waals surface area contributed by atoms with Crippen LogP contribution in [-0.4, -0.2) is 24.5 Å². The van der Waals surface area contributed by atoms with Gasteiger partial charge in [-0.1, -0.05) is 29.3 Å².